The number of thioether (sulfide) groups is 1. The number of imidazole rings is 1. The molecule has 0 bridgehead atoms. The van der Waals surface area contributed by atoms with Crippen molar-refractivity contribution in [1.82, 2.24) is 9.55 Å². The molecule has 0 saturated carbocycles. The maximum Gasteiger partial charge on any atom is 0.207 e. The Balaban J connectivity index is 2.24. The van der Waals surface area contributed by atoms with Crippen molar-refractivity contribution < 1.29 is 0 Å². The molecular formula is C14H19N3S. The lowest BCUT2D eigenvalue weighted by Gasteiger charge is -2.12. The fraction of sp³-hybridized carbons (Fsp3) is 0.357. The fourth-order valence-electron chi connectivity index (χ4n) is 1.70. The van der Waals surface area contributed by atoms with Gasteiger partial charge in [0.2, 0.25) is 5.95 Å². The van der Waals surface area contributed by atoms with E-state index in [2.05, 4.69) is 59.2 Å². The standard InChI is InChI=1S/C14H19N3S/c1-11(2)10-16-14-15-7-8-17(14)12-5-4-6-13(9-12)18-3/h4-9,11H,10H2,1-3H3,(H,15,16). The molecule has 1 aromatic heterocycles. The molecule has 3 nitrogen and oxygen atoms in total. The van der Waals surface area contributed by atoms with E-state index in [0.717, 1.165) is 18.2 Å². The molecule has 0 aliphatic carbocycles. The summed E-state index contributed by atoms with van der Waals surface area (Å²) < 4.78 is 2.09. The first-order valence-corrected chi connectivity index (χ1v) is 7.35. The van der Waals surface area contributed by atoms with Crippen LogP contribution in [0.15, 0.2) is 41.6 Å². The van der Waals surface area contributed by atoms with E-state index in [1.165, 1.54) is 4.90 Å². The maximum atomic E-state index is 4.37. The van der Waals surface area contributed by atoms with Crippen LogP contribution in [0.25, 0.3) is 5.69 Å². The van der Waals surface area contributed by atoms with Crippen molar-refractivity contribution in [2.45, 2.75) is 18.7 Å². The zero-order valence-electron chi connectivity index (χ0n) is 11.1. The Kier molecular flexibility index (Phi) is 4.31. The Morgan fingerprint density at radius 3 is 2.94 bits per heavy atom. The van der Waals surface area contributed by atoms with Crippen LogP contribution in [0.2, 0.25) is 0 Å². The van der Waals surface area contributed by atoms with Crippen LogP contribution in [0.1, 0.15) is 13.8 Å². The van der Waals surface area contributed by atoms with Gasteiger partial charge in [-0.3, -0.25) is 4.57 Å². The molecule has 96 valence electrons. The molecule has 0 aliphatic heterocycles. The highest BCUT2D eigenvalue weighted by Gasteiger charge is 2.05. The van der Waals surface area contributed by atoms with Gasteiger partial charge in [0.1, 0.15) is 0 Å². The van der Waals surface area contributed by atoms with Gasteiger partial charge >= 0.3 is 0 Å². The molecule has 0 radical (unpaired) electrons. The van der Waals surface area contributed by atoms with E-state index in [1.54, 1.807) is 11.8 Å². The van der Waals surface area contributed by atoms with Crippen LogP contribution >= 0.6 is 11.8 Å². The van der Waals surface area contributed by atoms with Gasteiger partial charge in [0.05, 0.1) is 0 Å². The summed E-state index contributed by atoms with van der Waals surface area (Å²) in [6, 6.07) is 8.47. The average molecular weight is 261 g/mol. The number of hydrogen-bond donors (Lipinski definition) is 1. The summed E-state index contributed by atoms with van der Waals surface area (Å²) in [5.41, 5.74) is 1.14. The minimum atomic E-state index is 0.604. The summed E-state index contributed by atoms with van der Waals surface area (Å²) >= 11 is 1.75. The van der Waals surface area contributed by atoms with Crippen molar-refractivity contribution in [2.75, 3.05) is 18.1 Å². The van der Waals surface area contributed by atoms with E-state index in [4.69, 9.17) is 0 Å². The van der Waals surface area contributed by atoms with Gasteiger partial charge in [-0.25, -0.2) is 4.98 Å². The molecule has 0 unspecified atom stereocenters. The van der Waals surface area contributed by atoms with Crippen LogP contribution in [0.3, 0.4) is 0 Å². The Hall–Kier alpha value is -1.42. The Labute approximate surface area is 113 Å². The number of aromatic nitrogens is 2. The van der Waals surface area contributed by atoms with E-state index in [1.807, 2.05) is 12.4 Å². The van der Waals surface area contributed by atoms with Crippen molar-refractivity contribution >= 4 is 17.7 Å². The van der Waals surface area contributed by atoms with Gasteiger partial charge in [-0.1, -0.05) is 19.9 Å². The van der Waals surface area contributed by atoms with Crippen molar-refractivity contribution in [2.24, 2.45) is 5.92 Å². The molecule has 1 aromatic carbocycles. The van der Waals surface area contributed by atoms with E-state index in [-0.39, 0.29) is 0 Å². The monoisotopic (exact) mass is 261 g/mol. The number of hydrogen-bond acceptors (Lipinski definition) is 3. The van der Waals surface area contributed by atoms with Gasteiger partial charge in [-0.15, -0.1) is 11.8 Å². The number of benzene rings is 1. The second-order valence-corrected chi connectivity index (χ2v) is 5.48. The van der Waals surface area contributed by atoms with Gasteiger partial charge in [0, 0.05) is 29.5 Å². The molecule has 2 rings (SSSR count). The van der Waals surface area contributed by atoms with Gasteiger partial charge in [-0.2, -0.15) is 0 Å². The zero-order chi connectivity index (χ0) is 13.0. The summed E-state index contributed by atoms with van der Waals surface area (Å²) in [5, 5.41) is 3.37. The summed E-state index contributed by atoms with van der Waals surface area (Å²) in [4.78, 5) is 5.63. The fourth-order valence-corrected chi connectivity index (χ4v) is 2.15. The van der Waals surface area contributed by atoms with E-state index in [9.17, 15) is 0 Å². The van der Waals surface area contributed by atoms with E-state index >= 15 is 0 Å². The largest absolute Gasteiger partial charge is 0.355 e. The van der Waals surface area contributed by atoms with Crippen LogP contribution in [0.5, 0.6) is 0 Å². The van der Waals surface area contributed by atoms with Crippen molar-refractivity contribution in [3.8, 4) is 5.69 Å². The van der Waals surface area contributed by atoms with E-state index < -0.39 is 0 Å². The second-order valence-electron chi connectivity index (χ2n) is 4.60. The molecule has 0 saturated heterocycles. The molecule has 1 heterocycles. The minimum Gasteiger partial charge on any atom is -0.355 e. The van der Waals surface area contributed by atoms with Gasteiger partial charge in [0.15, 0.2) is 0 Å². The van der Waals surface area contributed by atoms with Gasteiger partial charge < -0.3 is 5.32 Å². The van der Waals surface area contributed by atoms with Gasteiger partial charge in [-0.05, 0) is 30.4 Å². The average Bonchev–Trinajstić information content (AvgIpc) is 2.84. The molecule has 18 heavy (non-hydrogen) atoms. The first kappa shape index (κ1) is 13.0. The number of nitrogens with zero attached hydrogens (tertiary/aromatic N) is 2. The number of anilines is 1. The molecule has 2 aromatic rings. The predicted octanol–water partition coefficient (Wildman–Crippen LogP) is 3.66. The van der Waals surface area contributed by atoms with Crippen molar-refractivity contribution in [3.63, 3.8) is 0 Å². The quantitative estimate of drug-likeness (QED) is 0.833. The summed E-state index contributed by atoms with van der Waals surface area (Å²) in [5.74, 6) is 1.51. The molecule has 0 spiro atoms. The third kappa shape index (κ3) is 3.07. The van der Waals surface area contributed by atoms with Crippen LogP contribution in [-0.4, -0.2) is 22.4 Å². The zero-order valence-corrected chi connectivity index (χ0v) is 11.9. The molecule has 0 atom stereocenters. The predicted molar refractivity (Wildman–Crippen MR) is 78.7 cm³/mol. The SMILES string of the molecule is CSc1cccc(-n2ccnc2NCC(C)C)c1. The molecule has 4 heteroatoms. The third-order valence-corrected chi connectivity index (χ3v) is 3.37. The van der Waals surface area contributed by atoms with Crippen LogP contribution in [0, 0.1) is 5.92 Å². The van der Waals surface area contributed by atoms with Crippen LogP contribution in [-0.2, 0) is 0 Å². The third-order valence-electron chi connectivity index (χ3n) is 2.64. The smallest absolute Gasteiger partial charge is 0.207 e. The van der Waals surface area contributed by atoms with E-state index in [0.29, 0.717) is 5.92 Å². The summed E-state index contributed by atoms with van der Waals surface area (Å²) in [7, 11) is 0. The Morgan fingerprint density at radius 1 is 1.39 bits per heavy atom. The Bertz CT molecular complexity index is 505. The first-order chi connectivity index (χ1) is 8.70. The lowest BCUT2D eigenvalue weighted by molar-refractivity contribution is 0.683. The molecule has 0 fully saturated rings. The van der Waals surface area contributed by atoms with Gasteiger partial charge in [0.25, 0.3) is 0 Å². The topological polar surface area (TPSA) is 29.9 Å². The summed E-state index contributed by atoms with van der Waals surface area (Å²) in [6.45, 7) is 5.31. The minimum absolute atomic E-state index is 0.604. The van der Waals surface area contributed by atoms with Crippen LogP contribution < -0.4 is 5.32 Å². The normalized spacial score (nSPS) is 10.9. The number of nitrogens with one attached hydrogen (secondary N) is 1. The highest BCUT2D eigenvalue weighted by Crippen LogP contribution is 2.21. The Morgan fingerprint density at radius 2 is 2.22 bits per heavy atom. The molecule has 1 N–H and O–H groups in total. The second kappa shape index (κ2) is 5.96. The lowest BCUT2D eigenvalue weighted by Crippen LogP contribution is -2.11. The van der Waals surface area contributed by atoms with Crippen molar-refractivity contribution in [1.29, 1.82) is 0 Å². The molecular weight excluding hydrogens is 242 g/mol. The maximum absolute atomic E-state index is 4.37. The number of rotatable bonds is 5. The van der Waals surface area contributed by atoms with Crippen molar-refractivity contribution in [3.05, 3.63) is 36.7 Å². The highest BCUT2D eigenvalue weighted by molar-refractivity contribution is 7.98. The summed E-state index contributed by atoms with van der Waals surface area (Å²) in [6.07, 6.45) is 5.90. The lowest BCUT2D eigenvalue weighted by atomic mass is 10.2. The molecule has 0 aliphatic rings. The van der Waals surface area contributed by atoms with Crippen LogP contribution in [0.4, 0.5) is 5.95 Å². The molecule has 0 amide bonds. The highest BCUT2D eigenvalue weighted by atomic mass is 32.2. The first-order valence-electron chi connectivity index (χ1n) is 6.12.